The number of carbonyl (C=O) groups excluding carboxylic acids is 1. The van der Waals surface area contributed by atoms with Gasteiger partial charge in [0.1, 0.15) is 18.2 Å². The van der Waals surface area contributed by atoms with Crippen LogP contribution in [0.1, 0.15) is 41.9 Å². The summed E-state index contributed by atoms with van der Waals surface area (Å²) in [5.41, 5.74) is 0.223. The van der Waals surface area contributed by atoms with Crippen molar-refractivity contribution in [1.82, 2.24) is 10.5 Å². The number of rotatable bonds is 5. The lowest BCUT2D eigenvalue weighted by molar-refractivity contribution is 0.0928. The summed E-state index contributed by atoms with van der Waals surface area (Å²) in [6.07, 6.45) is 4.29. The summed E-state index contributed by atoms with van der Waals surface area (Å²) < 4.78 is 23.5. The van der Waals surface area contributed by atoms with Crippen LogP contribution in [0.15, 0.2) is 28.8 Å². The molecule has 0 atom stereocenters. The Kier molecular flexibility index (Phi) is 4.81. The monoisotopic (exact) mass is 338 g/mol. The number of hydrogen-bond donors (Lipinski definition) is 1. The van der Waals surface area contributed by atoms with Gasteiger partial charge in [0, 0.05) is 12.1 Å². The van der Waals surface area contributed by atoms with E-state index in [9.17, 15) is 9.18 Å². The van der Waals surface area contributed by atoms with Crippen molar-refractivity contribution in [2.24, 2.45) is 0 Å². The number of halogens is 2. The standard InChI is InChI=1S/C16H16ClFN2O3/c17-13-7-10(18)5-6-15(13)22-9-12-8-14(20-23-12)16(21)19-11-3-1-2-4-11/h5-8,11H,1-4,9H2,(H,19,21). The largest absolute Gasteiger partial charge is 0.484 e. The van der Waals surface area contributed by atoms with Crippen LogP contribution in [-0.4, -0.2) is 17.1 Å². The molecule has 1 aliphatic carbocycles. The fourth-order valence-electron chi connectivity index (χ4n) is 2.56. The van der Waals surface area contributed by atoms with Gasteiger partial charge in [0.25, 0.3) is 5.91 Å². The lowest BCUT2D eigenvalue weighted by Crippen LogP contribution is -2.32. The highest BCUT2D eigenvalue weighted by atomic mass is 35.5. The lowest BCUT2D eigenvalue weighted by Gasteiger charge is -2.09. The fraction of sp³-hybridized carbons (Fsp3) is 0.375. The van der Waals surface area contributed by atoms with Crippen LogP contribution < -0.4 is 10.1 Å². The zero-order valence-electron chi connectivity index (χ0n) is 12.4. The van der Waals surface area contributed by atoms with Gasteiger partial charge in [-0.3, -0.25) is 4.79 Å². The Balaban J connectivity index is 1.57. The molecule has 1 heterocycles. The Hall–Kier alpha value is -2.08. The topological polar surface area (TPSA) is 64.4 Å². The minimum absolute atomic E-state index is 0.0507. The first-order valence-electron chi connectivity index (χ1n) is 7.46. The summed E-state index contributed by atoms with van der Waals surface area (Å²) in [6.45, 7) is 0.0507. The molecule has 1 N–H and O–H groups in total. The maximum Gasteiger partial charge on any atom is 0.273 e. The molecule has 1 saturated carbocycles. The van der Waals surface area contributed by atoms with Crippen LogP contribution in [0.25, 0.3) is 0 Å². The van der Waals surface area contributed by atoms with Gasteiger partial charge >= 0.3 is 0 Å². The zero-order chi connectivity index (χ0) is 16.2. The van der Waals surface area contributed by atoms with Crippen LogP contribution in [0.2, 0.25) is 5.02 Å². The SMILES string of the molecule is O=C(NC1CCCC1)c1cc(COc2ccc(F)cc2Cl)on1. The van der Waals surface area contributed by atoms with Crippen molar-refractivity contribution in [3.05, 3.63) is 46.6 Å². The van der Waals surface area contributed by atoms with E-state index in [0.29, 0.717) is 11.5 Å². The first kappa shape index (κ1) is 15.8. The molecule has 1 amide bonds. The molecule has 0 radical (unpaired) electrons. The minimum Gasteiger partial charge on any atom is -0.484 e. The molecule has 0 unspecified atom stereocenters. The van der Waals surface area contributed by atoms with Gasteiger partial charge in [0.2, 0.25) is 0 Å². The van der Waals surface area contributed by atoms with E-state index in [0.717, 1.165) is 31.7 Å². The third-order valence-electron chi connectivity index (χ3n) is 3.75. The van der Waals surface area contributed by atoms with E-state index >= 15 is 0 Å². The molecular weight excluding hydrogens is 323 g/mol. The molecular formula is C16H16ClFN2O3. The maximum atomic E-state index is 13.0. The van der Waals surface area contributed by atoms with Gasteiger partial charge in [-0.1, -0.05) is 29.6 Å². The fourth-order valence-corrected chi connectivity index (χ4v) is 2.78. The van der Waals surface area contributed by atoms with E-state index in [2.05, 4.69) is 10.5 Å². The number of ether oxygens (including phenoxy) is 1. The van der Waals surface area contributed by atoms with Gasteiger partial charge in [0.05, 0.1) is 5.02 Å². The van der Waals surface area contributed by atoms with Crippen molar-refractivity contribution >= 4 is 17.5 Å². The Morgan fingerprint density at radius 1 is 1.39 bits per heavy atom. The van der Waals surface area contributed by atoms with Gasteiger partial charge in [-0.05, 0) is 31.0 Å². The second-order valence-electron chi connectivity index (χ2n) is 5.50. The summed E-state index contributed by atoms with van der Waals surface area (Å²) in [4.78, 5) is 12.0. The predicted molar refractivity (Wildman–Crippen MR) is 82.0 cm³/mol. The van der Waals surface area contributed by atoms with Gasteiger partial charge < -0.3 is 14.6 Å². The summed E-state index contributed by atoms with van der Waals surface area (Å²) >= 11 is 5.87. The Morgan fingerprint density at radius 2 is 2.17 bits per heavy atom. The summed E-state index contributed by atoms with van der Waals surface area (Å²) in [5.74, 6) is 0.0444. The Bertz CT molecular complexity index is 698. The van der Waals surface area contributed by atoms with Gasteiger partial charge in [-0.25, -0.2) is 4.39 Å². The highest BCUT2D eigenvalue weighted by Crippen LogP contribution is 2.25. The minimum atomic E-state index is -0.437. The molecule has 5 nitrogen and oxygen atoms in total. The Morgan fingerprint density at radius 3 is 2.91 bits per heavy atom. The van der Waals surface area contributed by atoms with Crippen molar-refractivity contribution in [1.29, 1.82) is 0 Å². The van der Waals surface area contributed by atoms with E-state index in [1.807, 2.05) is 0 Å². The number of nitrogens with zero attached hydrogens (tertiary/aromatic N) is 1. The predicted octanol–water partition coefficient (Wildman–Crippen LogP) is 3.72. The number of carbonyl (C=O) groups is 1. The van der Waals surface area contributed by atoms with Gasteiger partial charge in [-0.15, -0.1) is 0 Å². The normalized spacial score (nSPS) is 14.9. The first-order valence-corrected chi connectivity index (χ1v) is 7.84. The molecule has 3 rings (SSSR count). The van der Waals surface area contributed by atoms with E-state index in [1.54, 1.807) is 0 Å². The van der Waals surface area contributed by atoms with Crippen molar-refractivity contribution in [3.8, 4) is 5.75 Å². The molecule has 122 valence electrons. The number of amides is 1. The average Bonchev–Trinajstić information content (AvgIpc) is 3.17. The second-order valence-corrected chi connectivity index (χ2v) is 5.90. The maximum absolute atomic E-state index is 13.0. The molecule has 0 aliphatic heterocycles. The number of aromatic nitrogens is 1. The van der Waals surface area contributed by atoms with Crippen LogP contribution >= 0.6 is 11.6 Å². The highest BCUT2D eigenvalue weighted by Gasteiger charge is 2.20. The highest BCUT2D eigenvalue weighted by molar-refractivity contribution is 6.32. The summed E-state index contributed by atoms with van der Waals surface area (Å²) in [6, 6.07) is 5.60. The zero-order valence-corrected chi connectivity index (χ0v) is 13.1. The molecule has 0 saturated heterocycles. The number of nitrogens with one attached hydrogen (secondary N) is 1. The van der Waals surface area contributed by atoms with Crippen molar-refractivity contribution < 1.29 is 18.4 Å². The first-order chi connectivity index (χ1) is 11.1. The molecule has 1 aliphatic rings. The molecule has 2 aromatic rings. The van der Waals surface area contributed by atoms with Gasteiger partial charge in [0.15, 0.2) is 11.5 Å². The van der Waals surface area contributed by atoms with Gasteiger partial charge in [-0.2, -0.15) is 0 Å². The molecule has 7 heteroatoms. The molecule has 1 aromatic heterocycles. The summed E-state index contributed by atoms with van der Waals surface area (Å²) in [7, 11) is 0. The number of hydrogen-bond acceptors (Lipinski definition) is 4. The van der Waals surface area contributed by atoms with Crippen LogP contribution in [0.5, 0.6) is 5.75 Å². The van der Waals surface area contributed by atoms with E-state index in [4.69, 9.17) is 20.9 Å². The average molecular weight is 339 g/mol. The van der Waals surface area contributed by atoms with E-state index in [-0.39, 0.29) is 29.3 Å². The van der Waals surface area contributed by atoms with Crippen LogP contribution in [0.4, 0.5) is 4.39 Å². The second kappa shape index (κ2) is 7.00. The molecule has 23 heavy (non-hydrogen) atoms. The molecule has 1 aromatic carbocycles. The number of benzene rings is 1. The quantitative estimate of drug-likeness (QED) is 0.902. The van der Waals surface area contributed by atoms with Crippen molar-refractivity contribution in [2.45, 2.75) is 38.3 Å². The third kappa shape index (κ3) is 4.01. The van der Waals surface area contributed by atoms with E-state index < -0.39 is 5.82 Å². The van der Waals surface area contributed by atoms with Crippen LogP contribution in [0, 0.1) is 5.82 Å². The molecule has 1 fully saturated rings. The molecule has 0 bridgehead atoms. The lowest BCUT2D eigenvalue weighted by atomic mass is 10.2. The van der Waals surface area contributed by atoms with Crippen molar-refractivity contribution in [2.75, 3.05) is 0 Å². The Labute approximate surface area is 137 Å². The third-order valence-corrected chi connectivity index (χ3v) is 4.04. The van der Waals surface area contributed by atoms with Crippen molar-refractivity contribution in [3.63, 3.8) is 0 Å². The smallest absolute Gasteiger partial charge is 0.273 e. The van der Waals surface area contributed by atoms with E-state index in [1.165, 1.54) is 18.2 Å². The molecule has 0 spiro atoms. The van der Waals surface area contributed by atoms with Crippen LogP contribution in [0.3, 0.4) is 0 Å². The summed E-state index contributed by atoms with van der Waals surface area (Å²) in [5, 5.41) is 6.85. The van der Waals surface area contributed by atoms with Crippen LogP contribution in [-0.2, 0) is 6.61 Å².